The number of thiophene rings is 1. The van der Waals surface area contributed by atoms with Crippen LogP contribution >= 0.6 is 22.7 Å². The average molecular weight is 396 g/mol. The molecule has 6 nitrogen and oxygen atoms in total. The third-order valence-corrected chi connectivity index (χ3v) is 6.35. The number of rotatable bonds is 5. The Morgan fingerprint density at radius 3 is 2.70 bits per heavy atom. The number of carbonyl (C=O) groups is 1. The van der Waals surface area contributed by atoms with Gasteiger partial charge in [0.05, 0.1) is 22.3 Å². The van der Waals surface area contributed by atoms with Crippen LogP contribution in [-0.2, 0) is 0 Å². The molecule has 3 heterocycles. The number of thiazole rings is 1. The summed E-state index contributed by atoms with van der Waals surface area (Å²) in [4.78, 5) is 23.0. The highest BCUT2D eigenvalue weighted by atomic mass is 32.1. The van der Waals surface area contributed by atoms with Crippen molar-refractivity contribution in [3.63, 3.8) is 0 Å². The molecule has 1 aromatic carbocycles. The Hall–Kier alpha value is -2.84. The molecule has 0 saturated carbocycles. The summed E-state index contributed by atoms with van der Waals surface area (Å²) in [5.74, 6) is -0.0966. The average Bonchev–Trinajstić information content (AvgIpc) is 3.43. The number of hydrogen-bond acceptors (Lipinski definition) is 6. The zero-order valence-corrected chi connectivity index (χ0v) is 16.4. The van der Waals surface area contributed by atoms with Crippen molar-refractivity contribution in [1.82, 2.24) is 25.1 Å². The first-order valence-electron chi connectivity index (χ1n) is 8.39. The number of nitrogens with one attached hydrogen (secondary N) is 1. The number of aryl methyl sites for hydroxylation is 1. The summed E-state index contributed by atoms with van der Waals surface area (Å²) in [5.41, 5.74) is 2.70. The molecule has 27 heavy (non-hydrogen) atoms. The van der Waals surface area contributed by atoms with Crippen LogP contribution in [0.1, 0.15) is 33.9 Å². The molecule has 1 N–H and O–H groups in total. The maximum Gasteiger partial charge on any atom is 0.263 e. The Morgan fingerprint density at radius 1 is 1.22 bits per heavy atom. The van der Waals surface area contributed by atoms with Gasteiger partial charge in [0.2, 0.25) is 0 Å². The molecule has 0 saturated heterocycles. The lowest BCUT2D eigenvalue weighted by molar-refractivity contribution is 0.0943. The van der Waals surface area contributed by atoms with Crippen molar-refractivity contribution in [2.24, 2.45) is 0 Å². The van der Waals surface area contributed by atoms with Gasteiger partial charge in [0, 0.05) is 0 Å². The highest BCUT2D eigenvalue weighted by molar-refractivity contribution is 7.22. The van der Waals surface area contributed by atoms with Crippen molar-refractivity contribution in [3.05, 3.63) is 70.6 Å². The number of amides is 1. The van der Waals surface area contributed by atoms with E-state index in [0.717, 1.165) is 26.8 Å². The lowest BCUT2D eigenvalue weighted by Gasteiger charge is -2.14. The van der Waals surface area contributed by atoms with Crippen molar-refractivity contribution >= 4 is 28.6 Å². The maximum atomic E-state index is 12.7. The van der Waals surface area contributed by atoms with Crippen LogP contribution in [0.25, 0.3) is 15.6 Å². The second-order valence-electron chi connectivity index (χ2n) is 6.04. The standard InChI is InChI=1S/C19H17N5OS2/c1-12(14-5-7-15(8-6-14)24-11-20-10-21-24)22-18(25)17-13(2)23-19(27-17)16-4-3-9-26-16/h3-12H,1-2H3,(H,22,25)/t12-/m0/s1. The molecule has 0 radical (unpaired) electrons. The van der Waals surface area contributed by atoms with Crippen molar-refractivity contribution < 1.29 is 4.79 Å². The summed E-state index contributed by atoms with van der Waals surface area (Å²) in [7, 11) is 0. The van der Waals surface area contributed by atoms with E-state index in [1.165, 1.54) is 17.7 Å². The molecule has 1 atom stereocenters. The molecule has 4 aromatic rings. The minimum absolute atomic E-state index is 0.0966. The molecule has 0 aliphatic rings. The molecular formula is C19H17N5OS2. The van der Waals surface area contributed by atoms with Crippen LogP contribution in [0.4, 0.5) is 0 Å². The summed E-state index contributed by atoms with van der Waals surface area (Å²) >= 11 is 3.06. The van der Waals surface area contributed by atoms with Crippen LogP contribution in [0.15, 0.2) is 54.4 Å². The molecule has 0 bridgehead atoms. The van der Waals surface area contributed by atoms with Gasteiger partial charge in [-0.25, -0.2) is 14.6 Å². The summed E-state index contributed by atoms with van der Waals surface area (Å²) in [6.07, 6.45) is 3.15. The smallest absolute Gasteiger partial charge is 0.263 e. The number of nitrogens with zero attached hydrogens (tertiary/aromatic N) is 4. The SMILES string of the molecule is Cc1nc(-c2cccs2)sc1C(=O)N[C@@H](C)c1ccc(-n2cncn2)cc1. The third-order valence-electron chi connectivity index (χ3n) is 4.16. The number of aromatic nitrogens is 4. The predicted octanol–water partition coefficient (Wildman–Crippen LogP) is 4.25. The molecule has 4 rings (SSSR count). The fourth-order valence-corrected chi connectivity index (χ4v) is 4.48. The van der Waals surface area contributed by atoms with Gasteiger partial charge in [0.25, 0.3) is 5.91 Å². The summed E-state index contributed by atoms with van der Waals surface area (Å²) in [6, 6.07) is 11.8. The molecule has 0 aliphatic carbocycles. The number of carbonyl (C=O) groups excluding carboxylic acids is 1. The fourth-order valence-electron chi connectivity index (χ4n) is 2.72. The van der Waals surface area contributed by atoms with E-state index in [0.29, 0.717) is 4.88 Å². The minimum Gasteiger partial charge on any atom is -0.345 e. The largest absolute Gasteiger partial charge is 0.345 e. The molecule has 0 aliphatic heterocycles. The highest BCUT2D eigenvalue weighted by Gasteiger charge is 2.19. The first-order valence-corrected chi connectivity index (χ1v) is 10.1. The van der Waals surface area contributed by atoms with E-state index in [1.807, 2.05) is 55.6 Å². The second-order valence-corrected chi connectivity index (χ2v) is 7.98. The topological polar surface area (TPSA) is 72.7 Å². The van der Waals surface area contributed by atoms with Gasteiger partial charge in [-0.15, -0.1) is 22.7 Å². The molecular weight excluding hydrogens is 378 g/mol. The van der Waals surface area contributed by atoms with Crippen LogP contribution in [0.3, 0.4) is 0 Å². The van der Waals surface area contributed by atoms with E-state index >= 15 is 0 Å². The molecule has 0 spiro atoms. The van der Waals surface area contributed by atoms with E-state index in [4.69, 9.17) is 0 Å². The van der Waals surface area contributed by atoms with Gasteiger partial charge in [-0.2, -0.15) is 5.10 Å². The lowest BCUT2D eigenvalue weighted by Crippen LogP contribution is -2.26. The van der Waals surface area contributed by atoms with Gasteiger partial charge in [-0.05, 0) is 43.0 Å². The molecule has 1 amide bonds. The van der Waals surface area contributed by atoms with Crippen molar-refractivity contribution in [2.75, 3.05) is 0 Å². The quantitative estimate of drug-likeness (QED) is 0.548. The van der Waals surface area contributed by atoms with Gasteiger partial charge in [-0.3, -0.25) is 4.79 Å². The van der Waals surface area contributed by atoms with Crippen LogP contribution in [-0.4, -0.2) is 25.7 Å². The second kappa shape index (κ2) is 7.42. The fraction of sp³-hybridized carbons (Fsp3) is 0.158. The summed E-state index contributed by atoms with van der Waals surface area (Å²) in [5, 5.41) is 10.1. The lowest BCUT2D eigenvalue weighted by atomic mass is 10.1. The monoisotopic (exact) mass is 395 g/mol. The molecule has 3 aromatic heterocycles. The Morgan fingerprint density at radius 2 is 2.04 bits per heavy atom. The summed E-state index contributed by atoms with van der Waals surface area (Å²) < 4.78 is 1.69. The molecule has 8 heteroatoms. The van der Waals surface area contributed by atoms with Crippen molar-refractivity contribution in [1.29, 1.82) is 0 Å². The highest BCUT2D eigenvalue weighted by Crippen LogP contribution is 2.31. The first-order chi connectivity index (χ1) is 13.1. The number of benzene rings is 1. The Balaban J connectivity index is 1.48. The van der Waals surface area contributed by atoms with Crippen molar-refractivity contribution in [3.8, 4) is 15.6 Å². The van der Waals surface area contributed by atoms with E-state index in [1.54, 1.807) is 22.3 Å². The summed E-state index contributed by atoms with van der Waals surface area (Å²) in [6.45, 7) is 3.85. The van der Waals surface area contributed by atoms with Crippen LogP contribution in [0, 0.1) is 6.92 Å². The maximum absolute atomic E-state index is 12.7. The van der Waals surface area contributed by atoms with E-state index in [9.17, 15) is 4.79 Å². The molecule has 0 unspecified atom stereocenters. The zero-order valence-electron chi connectivity index (χ0n) is 14.8. The van der Waals surface area contributed by atoms with Gasteiger partial charge in [-0.1, -0.05) is 18.2 Å². The van der Waals surface area contributed by atoms with Gasteiger partial charge < -0.3 is 5.32 Å². The van der Waals surface area contributed by atoms with Crippen LogP contribution < -0.4 is 5.32 Å². The Kier molecular flexibility index (Phi) is 4.83. The number of hydrogen-bond donors (Lipinski definition) is 1. The van der Waals surface area contributed by atoms with Crippen LogP contribution in [0.5, 0.6) is 0 Å². The van der Waals surface area contributed by atoms with Crippen LogP contribution in [0.2, 0.25) is 0 Å². The third kappa shape index (κ3) is 3.67. The molecule has 136 valence electrons. The van der Waals surface area contributed by atoms with E-state index in [2.05, 4.69) is 20.4 Å². The van der Waals surface area contributed by atoms with Crippen molar-refractivity contribution in [2.45, 2.75) is 19.9 Å². The van der Waals surface area contributed by atoms with Gasteiger partial charge in [0.1, 0.15) is 22.5 Å². The molecule has 0 fully saturated rings. The normalized spacial score (nSPS) is 12.1. The van der Waals surface area contributed by atoms with E-state index in [-0.39, 0.29) is 11.9 Å². The zero-order chi connectivity index (χ0) is 18.8. The minimum atomic E-state index is -0.117. The van der Waals surface area contributed by atoms with Gasteiger partial charge >= 0.3 is 0 Å². The Labute approximate surface area is 164 Å². The Bertz CT molecular complexity index is 1040. The van der Waals surface area contributed by atoms with Gasteiger partial charge in [0.15, 0.2) is 0 Å². The first kappa shape index (κ1) is 17.6. The van der Waals surface area contributed by atoms with E-state index < -0.39 is 0 Å². The predicted molar refractivity (Wildman–Crippen MR) is 107 cm³/mol.